The van der Waals surface area contributed by atoms with E-state index in [2.05, 4.69) is 11.1 Å². The van der Waals surface area contributed by atoms with Crippen LogP contribution in [-0.4, -0.2) is 27.8 Å². The number of carbonyl (C=O) groups is 1. The fourth-order valence-electron chi connectivity index (χ4n) is 3.61. The van der Waals surface area contributed by atoms with Gasteiger partial charge in [-0.25, -0.2) is 4.98 Å². The molecule has 1 amide bonds. The molecule has 0 saturated carbocycles. The van der Waals surface area contributed by atoms with Crippen LogP contribution in [0.25, 0.3) is 10.9 Å². The first kappa shape index (κ1) is 23.3. The number of aryl methyl sites for hydroxylation is 2. The number of hydrogen-bond donors (Lipinski definition) is 0. The van der Waals surface area contributed by atoms with Gasteiger partial charge in [0.2, 0.25) is 5.91 Å². The van der Waals surface area contributed by atoms with Crippen molar-refractivity contribution >= 4 is 34.3 Å². The van der Waals surface area contributed by atoms with Gasteiger partial charge in [-0.15, -0.1) is 0 Å². The minimum absolute atomic E-state index is 0.0707. The number of hydrogen-bond acceptors (Lipinski definition) is 6. The molecular formula is C26H24N4O3S. The lowest BCUT2D eigenvalue weighted by molar-refractivity contribution is -0.116. The second-order valence-corrected chi connectivity index (χ2v) is 8.84. The Balaban J connectivity index is 1.64. The third kappa shape index (κ3) is 5.05. The van der Waals surface area contributed by atoms with Gasteiger partial charge in [0.1, 0.15) is 5.76 Å². The van der Waals surface area contributed by atoms with Crippen LogP contribution in [0.15, 0.2) is 75.2 Å². The zero-order chi connectivity index (χ0) is 24.1. The zero-order valence-electron chi connectivity index (χ0n) is 19.0. The van der Waals surface area contributed by atoms with Crippen molar-refractivity contribution in [3.05, 3.63) is 88.1 Å². The van der Waals surface area contributed by atoms with Gasteiger partial charge >= 0.3 is 0 Å². The largest absolute Gasteiger partial charge is 0.467 e. The molecule has 172 valence electrons. The van der Waals surface area contributed by atoms with Gasteiger partial charge in [0.25, 0.3) is 5.56 Å². The molecule has 2 aromatic heterocycles. The lowest BCUT2D eigenvalue weighted by Crippen LogP contribution is -2.33. The Bertz CT molecular complexity index is 1420. The Morgan fingerprint density at radius 3 is 2.71 bits per heavy atom. The van der Waals surface area contributed by atoms with E-state index in [1.807, 2.05) is 38.1 Å². The van der Waals surface area contributed by atoms with E-state index in [4.69, 9.17) is 9.68 Å². The molecule has 0 atom stereocenters. The van der Waals surface area contributed by atoms with Crippen molar-refractivity contribution in [2.24, 2.45) is 0 Å². The van der Waals surface area contributed by atoms with Crippen LogP contribution in [0.2, 0.25) is 0 Å². The summed E-state index contributed by atoms with van der Waals surface area (Å²) in [4.78, 5) is 32.8. The number of nitriles is 1. The Kier molecular flexibility index (Phi) is 7.14. The van der Waals surface area contributed by atoms with Crippen molar-refractivity contribution in [3.8, 4) is 6.07 Å². The number of rotatable bonds is 8. The number of furan rings is 1. The summed E-state index contributed by atoms with van der Waals surface area (Å²) < 4.78 is 6.98. The molecule has 0 radical (unpaired) electrons. The summed E-state index contributed by atoms with van der Waals surface area (Å²) in [5.41, 5.74) is 3.35. The lowest BCUT2D eigenvalue weighted by atomic mass is 10.1. The van der Waals surface area contributed by atoms with E-state index in [-0.39, 0.29) is 30.2 Å². The van der Waals surface area contributed by atoms with Gasteiger partial charge in [-0.1, -0.05) is 30.0 Å². The molecule has 0 aliphatic heterocycles. The first-order valence-electron chi connectivity index (χ1n) is 10.9. The number of benzene rings is 2. The molecule has 7 nitrogen and oxygen atoms in total. The molecule has 0 unspecified atom stereocenters. The third-order valence-electron chi connectivity index (χ3n) is 5.60. The number of aromatic nitrogens is 2. The molecule has 4 aromatic rings. The molecule has 4 rings (SSSR count). The Hall–Kier alpha value is -3.83. The number of thioether (sulfide) groups is 1. The first-order valence-corrected chi connectivity index (χ1v) is 11.9. The van der Waals surface area contributed by atoms with Crippen molar-refractivity contribution in [2.45, 2.75) is 32.0 Å². The number of anilines is 1. The second-order valence-electron chi connectivity index (χ2n) is 7.89. The summed E-state index contributed by atoms with van der Waals surface area (Å²) >= 11 is 1.21. The highest BCUT2D eigenvalue weighted by Gasteiger charge is 2.19. The smallest absolute Gasteiger partial charge is 0.262 e. The molecule has 0 saturated heterocycles. The molecule has 2 heterocycles. The van der Waals surface area contributed by atoms with Crippen molar-refractivity contribution in [2.75, 3.05) is 17.2 Å². The van der Waals surface area contributed by atoms with E-state index in [9.17, 15) is 9.59 Å². The van der Waals surface area contributed by atoms with Gasteiger partial charge in [0.15, 0.2) is 5.16 Å². The molecule has 0 fully saturated rings. The fourth-order valence-corrected chi connectivity index (χ4v) is 4.49. The van der Waals surface area contributed by atoms with Crippen molar-refractivity contribution in [1.29, 1.82) is 5.26 Å². The van der Waals surface area contributed by atoms with E-state index in [0.29, 0.717) is 28.4 Å². The van der Waals surface area contributed by atoms with Crippen LogP contribution >= 0.6 is 11.8 Å². The number of nitrogens with zero attached hydrogens (tertiary/aromatic N) is 4. The van der Waals surface area contributed by atoms with Crippen LogP contribution in [0.5, 0.6) is 0 Å². The minimum Gasteiger partial charge on any atom is -0.467 e. The first-order chi connectivity index (χ1) is 16.5. The lowest BCUT2D eigenvalue weighted by Gasteiger charge is -2.23. The van der Waals surface area contributed by atoms with E-state index in [1.54, 1.807) is 41.5 Å². The van der Waals surface area contributed by atoms with Gasteiger partial charge in [-0.3, -0.25) is 14.2 Å². The summed E-state index contributed by atoms with van der Waals surface area (Å²) in [6.07, 6.45) is 1.78. The molecule has 34 heavy (non-hydrogen) atoms. The van der Waals surface area contributed by atoms with Crippen molar-refractivity contribution in [1.82, 2.24) is 9.55 Å². The SMILES string of the molecule is Cc1ccc(N(CCC#N)C(=O)CSc2nc3ccccc3c(=O)n2Cc2ccco2)cc1C. The molecule has 0 bridgehead atoms. The molecular weight excluding hydrogens is 448 g/mol. The fraction of sp³-hybridized carbons (Fsp3) is 0.231. The standard InChI is InChI=1S/C26H24N4O3S/c1-18-10-11-20(15-19(18)2)29(13-6-12-27)24(31)17-34-26-28-23-9-4-3-8-22(23)25(32)30(26)16-21-7-5-14-33-21/h3-5,7-11,14-15H,6,13,16-17H2,1-2H3. The van der Waals surface area contributed by atoms with Crippen LogP contribution < -0.4 is 10.5 Å². The maximum absolute atomic E-state index is 13.3. The van der Waals surface area contributed by atoms with Gasteiger partial charge in [-0.05, 0) is 61.4 Å². The highest BCUT2D eigenvalue weighted by Crippen LogP contribution is 2.23. The summed E-state index contributed by atoms with van der Waals surface area (Å²) in [6.45, 7) is 4.52. The topological polar surface area (TPSA) is 92.1 Å². The molecule has 0 aliphatic rings. The highest BCUT2D eigenvalue weighted by molar-refractivity contribution is 7.99. The summed E-state index contributed by atoms with van der Waals surface area (Å²) in [6, 6.07) is 18.7. The van der Waals surface area contributed by atoms with E-state index < -0.39 is 0 Å². The van der Waals surface area contributed by atoms with Gasteiger partial charge < -0.3 is 9.32 Å². The quantitative estimate of drug-likeness (QED) is 0.273. The van der Waals surface area contributed by atoms with Gasteiger partial charge in [0, 0.05) is 12.2 Å². The maximum Gasteiger partial charge on any atom is 0.262 e. The van der Waals surface area contributed by atoms with Crippen LogP contribution in [0.3, 0.4) is 0 Å². The minimum atomic E-state index is -0.188. The van der Waals surface area contributed by atoms with Gasteiger partial charge in [0.05, 0.1) is 42.0 Å². The Morgan fingerprint density at radius 1 is 1.15 bits per heavy atom. The average Bonchev–Trinajstić information content (AvgIpc) is 3.35. The Labute approximate surface area is 201 Å². The van der Waals surface area contributed by atoms with Crippen LogP contribution in [0.1, 0.15) is 23.3 Å². The number of carbonyl (C=O) groups excluding carboxylic acids is 1. The molecule has 0 N–H and O–H groups in total. The number of amides is 1. The number of fused-ring (bicyclic) bond motifs is 1. The molecule has 0 aliphatic carbocycles. The van der Waals surface area contributed by atoms with E-state index in [1.165, 1.54) is 16.3 Å². The zero-order valence-corrected chi connectivity index (χ0v) is 19.8. The monoisotopic (exact) mass is 472 g/mol. The van der Waals surface area contributed by atoms with Crippen LogP contribution in [-0.2, 0) is 11.3 Å². The second kappa shape index (κ2) is 10.4. The summed E-state index contributed by atoms with van der Waals surface area (Å²) in [5.74, 6) is 0.537. The predicted octanol–water partition coefficient (Wildman–Crippen LogP) is 4.69. The van der Waals surface area contributed by atoms with Crippen LogP contribution in [0, 0.1) is 25.2 Å². The molecule has 0 spiro atoms. The van der Waals surface area contributed by atoms with Gasteiger partial charge in [-0.2, -0.15) is 5.26 Å². The van der Waals surface area contributed by atoms with Crippen LogP contribution in [0.4, 0.5) is 5.69 Å². The molecule has 8 heteroatoms. The predicted molar refractivity (Wildman–Crippen MR) is 133 cm³/mol. The number of para-hydroxylation sites is 1. The van der Waals surface area contributed by atoms with E-state index in [0.717, 1.165) is 16.8 Å². The van der Waals surface area contributed by atoms with E-state index >= 15 is 0 Å². The van der Waals surface area contributed by atoms with Crippen molar-refractivity contribution < 1.29 is 9.21 Å². The third-order valence-corrected chi connectivity index (χ3v) is 6.56. The Morgan fingerprint density at radius 2 is 1.97 bits per heavy atom. The normalized spacial score (nSPS) is 10.9. The summed E-state index contributed by atoms with van der Waals surface area (Å²) in [7, 11) is 0. The molecule has 2 aromatic carbocycles. The summed E-state index contributed by atoms with van der Waals surface area (Å²) in [5, 5.41) is 10.0. The average molecular weight is 473 g/mol. The maximum atomic E-state index is 13.3. The van der Waals surface area contributed by atoms with Crippen molar-refractivity contribution in [3.63, 3.8) is 0 Å². The highest BCUT2D eigenvalue weighted by atomic mass is 32.2.